The Morgan fingerprint density at radius 1 is 1.50 bits per heavy atom. The van der Waals surface area contributed by atoms with Crippen molar-refractivity contribution in [1.29, 1.82) is 0 Å². The molecule has 0 fully saturated rings. The molecule has 1 amide bonds. The number of carboxylic acids is 1. The fourth-order valence-electron chi connectivity index (χ4n) is 1.41. The van der Waals surface area contributed by atoms with Gasteiger partial charge in [0.05, 0.1) is 18.6 Å². The third kappa shape index (κ3) is 3.38. The molecule has 2 aromatic rings. The molecule has 0 aliphatic heterocycles. The molecule has 0 saturated carbocycles. The Bertz CT molecular complexity index is 608. The minimum absolute atomic E-state index is 0.0925. The molecule has 2 heterocycles. The zero-order chi connectivity index (χ0) is 14.5. The van der Waals surface area contributed by atoms with Crippen molar-refractivity contribution in [2.45, 2.75) is 11.7 Å². The molecule has 9 heteroatoms. The van der Waals surface area contributed by atoms with Gasteiger partial charge in [0, 0.05) is 7.05 Å². The molecular formula is C11H12N4O4S. The van der Waals surface area contributed by atoms with Gasteiger partial charge in [-0.1, -0.05) is 11.8 Å². The second-order valence-electron chi connectivity index (χ2n) is 3.80. The van der Waals surface area contributed by atoms with Crippen LogP contribution in [0.15, 0.2) is 28.0 Å². The Labute approximate surface area is 118 Å². The van der Waals surface area contributed by atoms with Crippen LogP contribution < -0.4 is 5.32 Å². The molecule has 0 bridgehead atoms. The van der Waals surface area contributed by atoms with Gasteiger partial charge in [-0.15, -0.1) is 10.2 Å². The maximum absolute atomic E-state index is 11.7. The average Bonchev–Trinajstić information content (AvgIpc) is 3.04. The van der Waals surface area contributed by atoms with Crippen LogP contribution >= 0.6 is 11.8 Å². The van der Waals surface area contributed by atoms with E-state index in [4.69, 9.17) is 9.52 Å². The lowest BCUT2D eigenvalue weighted by molar-refractivity contribution is -0.133. The van der Waals surface area contributed by atoms with Crippen molar-refractivity contribution in [3.05, 3.63) is 30.0 Å². The molecule has 0 saturated heterocycles. The number of hydrogen-bond acceptors (Lipinski definition) is 6. The summed E-state index contributed by atoms with van der Waals surface area (Å²) in [6, 6.07) is 3.18. The Hall–Kier alpha value is -2.29. The fraction of sp³-hybridized carbons (Fsp3) is 0.273. The van der Waals surface area contributed by atoms with Crippen LogP contribution in [-0.4, -0.2) is 37.5 Å². The largest absolute Gasteiger partial charge is 0.481 e. The van der Waals surface area contributed by atoms with Crippen LogP contribution in [0.2, 0.25) is 0 Å². The molecule has 2 rings (SSSR count). The third-order valence-electron chi connectivity index (χ3n) is 2.40. The molecule has 0 spiro atoms. The van der Waals surface area contributed by atoms with Gasteiger partial charge in [0.15, 0.2) is 16.7 Å². The first kappa shape index (κ1) is 14.1. The van der Waals surface area contributed by atoms with Crippen molar-refractivity contribution in [2.75, 3.05) is 5.75 Å². The zero-order valence-corrected chi connectivity index (χ0v) is 11.4. The number of nitrogens with one attached hydrogen (secondary N) is 1. The van der Waals surface area contributed by atoms with E-state index in [9.17, 15) is 9.59 Å². The minimum atomic E-state index is -0.925. The molecule has 2 N–H and O–H groups in total. The van der Waals surface area contributed by atoms with E-state index >= 15 is 0 Å². The summed E-state index contributed by atoms with van der Waals surface area (Å²) >= 11 is 1.07. The van der Waals surface area contributed by atoms with Crippen molar-refractivity contribution in [2.24, 2.45) is 7.05 Å². The lowest BCUT2D eigenvalue weighted by Gasteiger charge is -2.04. The number of carboxylic acid groups (broad SMARTS) is 1. The number of nitrogens with zero attached hydrogens (tertiary/aromatic N) is 3. The molecule has 0 aromatic carbocycles. The van der Waals surface area contributed by atoms with Crippen molar-refractivity contribution in [1.82, 2.24) is 20.1 Å². The molecule has 0 aliphatic carbocycles. The van der Waals surface area contributed by atoms with E-state index in [1.54, 1.807) is 23.7 Å². The average molecular weight is 296 g/mol. The van der Waals surface area contributed by atoms with Gasteiger partial charge in [-0.3, -0.25) is 9.59 Å². The maximum Gasteiger partial charge on any atom is 0.313 e. The van der Waals surface area contributed by atoms with E-state index in [1.165, 1.54) is 6.26 Å². The second kappa shape index (κ2) is 6.24. The first-order chi connectivity index (χ1) is 9.58. The molecule has 106 valence electrons. The summed E-state index contributed by atoms with van der Waals surface area (Å²) < 4.78 is 6.59. The highest BCUT2D eigenvalue weighted by atomic mass is 32.2. The van der Waals surface area contributed by atoms with Crippen LogP contribution in [0.1, 0.15) is 16.4 Å². The number of aromatic nitrogens is 3. The first-order valence-corrected chi connectivity index (χ1v) is 6.61. The minimum Gasteiger partial charge on any atom is -0.481 e. The Balaban J connectivity index is 1.93. The van der Waals surface area contributed by atoms with Crippen molar-refractivity contribution >= 4 is 23.6 Å². The van der Waals surface area contributed by atoms with Crippen LogP contribution in [0.25, 0.3) is 0 Å². The standard InChI is InChI=1S/C11H12N4O4S/c1-15-8(13-14-11(15)20-6-9(16)17)5-12-10(18)7-3-2-4-19-7/h2-4H,5-6H2,1H3,(H,12,18)(H,16,17). The lowest BCUT2D eigenvalue weighted by Crippen LogP contribution is -2.24. The van der Waals surface area contributed by atoms with E-state index in [0.717, 1.165) is 11.8 Å². The van der Waals surface area contributed by atoms with Crippen LogP contribution in [0.3, 0.4) is 0 Å². The van der Waals surface area contributed by atoms with Crippen molar-refractivity contribution < 1.29 is 19.1 Å². The smallest absolute Gasteiger partial charge is 0.313 e. The molecule has 0 atom stereocenters. The Morgan fingerprint density at radius 2 is 2.30 bits per heavy atom. The van der Waals surface area contributed by atoms with E-state index in [1.807, 2.05) is 0 Å². The maximum atomic E-state index is 11.7. The number of thioether (sulfide) groups is 1. The molecule has 2 aromatic heterocycles. The van der Waals surface area contributed by atoms with Crippen molar-refractivity contribution in [3.8, 4) is 0 Å². The third-order valence-corrected chi connectivity index (χ3v) is 3.41. The van der Waals surface area contributed by atoms with Gasteiger partial charge in [-0.2, -0.15) is 0 Å². The summed E-state index contributed by atoms with van der Waals surface area (Å²) in [5, 5.41) is 19.5. The van der Waals surface area contributed by atoms with E-state index in [-0.39, 0.29) is 24.0 Å². The molecular weight excluding hydrogens is 284 g/mol. The first-order valence-electron chi connectivity index (χ1n) is 5.62. The summed E-state index contributed by atoms with van der Waals surface area (Å²) in [5.74, 6) is -0.626. The van der Waals surface area contributed by atoms with Crippen LogP contribution in [0.5, 0.6) is 0 Å². The summed E-state index contributed by atoms with van der Waals surface area (Å²) in [4.78, 5) is 22.2. The Morgan fingerprint density at radius 3 is 2.95 bits per heavy atom. The van der Waals surface area contributed by atoms with Gasteiger partial charge in [-0.05, 0) is 12.1 Å². The number of amides is 1. The number of hydrogen-bond donors (Lipinski definition) is 2. The van der Waals surface area contributed by atoms with Crippen LogP contribution in [-0.2, 0) is 18.4 Å². The highest BCUT2D eigenvalue weighted by Crippen LogP contribution is 2.15. The van der Waals surface area contributed by atoms with Crippen LogP contribution in [0, 0.1) is 0 Å². The summed E-state index contributed by atoms with van der Waals surface area (Å²) in [5.41, 5.74) is 0. The van der Waals surface area contributed by atoms with Gasteiger partial charge >= 0.3 is 5.97 Å². The highest BCUT2D eigenvalue weighted by Gasteiger charge is 2.13. The monoisotopic (exact) mass is 296 g/mol. The number of rotatable bonds is 6. The summed E-state index contributed by atoms with van der Waals surface area (Å²) in [7, 11) is 1.71. The lowest BCUT2D eigenvalue weighted by atomic mass is 10.4. The van der Waals surface area contributed by atoms with E-state index in [2.05, 4.69) is 15.5 Å². The predicted octanol–water partition coefficient (Wildman–Crippen LogP) is 0.515. The number of carbonyl (C=O) groups is 2. The quantitative estimate of drug-likeness (QED) is 0.747. The molecule has 0 aliphatic rings. The van der Waals surface area contributed by atoms with Crippen molar-refractivity contribution in [3.63, 3.8) is 0 Å². The van der Waals surface area contributed by atoms with E-state index < -0.39 is 5.97 Å². The Kier molecular flexibility index (Phi) is 4.41. The molecule has 0 radical (unpaired) electrons. The number of furan rings is 1. The fourth-order valence-corrected chi connectivity index (χ4v) is 2.06. The number of carbonyl (C=O) groups excluding carboxylic acids is 1. The molecule has 0 unspecified atom stereocenters. The molecule has 8 nitrogen and oxygen atoms in total. The predicted molar refractivity (Wildman–Crippen MR) is 69.2 cm³/mol. The van der Waals surface area contributed by atoms with Crippen LogP contribution in [0.4, 0.5) is 0 Å². The SMILES string of the molecule is Cn1c(CNC(=O)c2ccco2)nnc1SCC(=O)O. The van der Waals surface area contributed by atoms with Gasteiger partial charge in [0.25, 0.3) is 5.91 Å². The van der Waals surface area contributed by atoms with Gasteiger partial charge < -0.3 is 19.4 Å². The second-order valence-corrected chi connectivity index (χ2v) is 4.74. The summed E-state index contributed by atoms with van der Waals surface area (Å²) in [6.45, 7) is 0.177. The van der Waals surface area contributed by atoms with E-state index in [0.29, 0.717) is 11.0 Å². The normalized spacial score (nSPS) is 10.4. The van der Waals surface area contributed by atoms with Gasteiger partial charge in [0.2, 0.25) is 0 Å². The summed E-state index contributed by atoms with van der Waals surface area (Å²) in [6.07, 6.45) is 1.41. The molecule has 20 heavy (non-hydrogen) atoms. The zero-order valence-electron chi connectivity index (χ0n) is 10.6. The van der Waals surface area contributed by atoms with Gasteiger partial charge in [-0.25, -0.2) is 0 Å². The van der Waals surface area contributed by atoms with Gasteiger partial charge in [0.1, 0.15) is 0 Å². The highest BCUT2D eigenvalue weighted by molar-refractivity contribution is 7.99. The number of aliphatic carboxylic acids is 1. The topological polar surface area (TPSA) is 110 Å².